The van der Waals surface area contributed by atoms with Crippen LogP contribution in [0.2, 0.25) is 0 Å². The minimum absolute atomic E-state index is 0.0319. The molecule has 0 radical (unpaired) electrons. The topological polar surface area (TPSA) is 62.0 Å². The first kappa shape index (κ1) is 9.85. The van der Waals surface area contributed by atoms with Crippen molar-refractivity contribution >= 4 is 22.1 Å². The van der Waals surface area contributed by atoms with Gasteiger partial charge in [0, 0.05) is 10.0 Å². The van der Waals surface area contributed by atoms with E-state index in [1.807, 2.05) is 0 Å². The number of nitrogens with zero attached hydrogens (tertiary/aromatic N) is 1. The summed E-state index contributed by atoms with van der Waals surface area (Å²) in [6, 6.07) is 3.02. The Bertz CT molecular complexity index is 338. The molecule has 0 aromatic heterocycles. The lowest BCUT2D eigenvalue weighted by molar-refractivity contribution is 0.321. The van der Waals surface area contributed by atoms with Crippen molar-refractivity contribution in [2.45, 2.75) is 0 Å². The van der Waals surface area contributed by atoms with E-state index < -0.39 is 0 Å². The third kappa shape index (κ3) is 2.12. The summed E-state index contributed by atoms with van der Waals surface area (Å²) in [5, 5.41) is 20.5. The molecule has 4 nitrogen and oxygen atoms in total. The first-order valence-electron chi connectivity index (χ1n) is 3.43. The van der Waals surface area contributed by atoms with E-state index in [1.165, 1.54) is 19.4 Å². The maximum atomic E-state index is 9.32. The van der Waals surface area contributed by atoms with Crippen LogP contribution in [0, 0.1) is 0 Å². The molecular formula is C8H8BrNO3. The molecule has 70 valence electrons. The molecule has 13 heavy (non-hydrogen) atoms. The highest BCUT2D eigenvalue weighted by molar-refractivity contribution is 9.10. The number of phenolic OH excluding ortho intramolecular Hbond substituents is 1. The summed E-state index contributed by atoms with van der Waals surface area (Å²) in [6.07, 6.45) is 1.24. The molecule has 2 N–H and O–H groups in total. The Labute approximate surface area is 83.6 Å². The number of oxime groups is 1. The lowest BCUT2D eigenvalue weighted by atomic mass is 10.2. The molecule has 0 saturated heterocycles. The van der Waals surface area contributed by atoms with E-state index in [9.17, 15) is 5.11 Å². The van der Waals surface area contributed by atoms with Crippen LogP contribution < -0.4 is 4.74 Å². The minimum Gasteiger partial charge on any atom is -0.504 e. The van der Waals surface area contributed by atoms with Gasteiger partial charge in [0.25, 0.3) is 0 Å². The second kappa shape index (κ2) is 4.13. The Balaban J connectivity index is 3.22. The number of aromatic hydroxyl groups is 1. The standard InChI is InChI=1S/C8H8BrNO3/c1-13-8-2-5(4-10-12)6(9)3-7(8)11/h2-4,11-12H,1H3/b10-4+. The van der Waals surface area contributed by atoms with Gasteiger partial charge in [-0.2, -0.15) is 0 Å². The average molecular weight is 246 g/mol. The summed E-state index contributed by atoms with van der Waals surface area (Å²) in [4.78, 5) is 0. The molecular weight excluding hydrogens is 238 g/mol. The lowest BCUT2D eigenvalue weighted by Crippen LogP contribution is -1.88. The van der Waals surface area contributed by atoms with Crippen LogP contribution in [0.5, 0.6) is 11.5 Å². The van der Waals surface area contributed by atoms with Crippen LogP contribution >= 0.6 is 15.9 Å². The minimum atomic E-state index is 0.0319. The molecule has 1 rings (SSSR count). The molecule has 0 amide bonds. The molecule has 0 unspecified atom stereocenters. The van der Waals surface area contributed by atoms with Gasteiger partial charge in [-0.1, -0.05) is 5.16 Å². The van der Waals surface area contributed by atoms with Crippen LogP contribution in [0.15, 0.2) is 21.8 Å². The number of hydrogen-bond donors (Lipinski definition) is 2. The van der Waals surface area contributed by atoms with Crippen LogP contribution in [-0.2, 0) is 0 Å². The molecule has 0 heterocycles. The van der Waals surface area contributed by atoms with Gasteiger partial charge in [-0.15, -0.1) is 0 Å². The first-order valence-corrected chi connectivity index (χ1v) is 4.22. The molecule has 0 aliphatic rings. The van der Waals surface area contributed by atoms with Gasteiger partial charge in [-0.05, 0) is 28.1 Å². The Morgan fingerprint density at radius 3 is 2.77 bits per heavy atom. The van der Waals surface area contributed by atoms with E-state index in [2.05, 4.69) is 21.1 Å². The number of benzene rings is 1. The van der Waals surface area contributed by atoms with Crippen molar-refractivity contribution in [2.75, 3.05) is 7.11 Å². The number of halogens is 1. The Kier molecular flexibility index (Phi) is 3.13. The fourth-order valence-electron chi connectivity index (χ4n) is 0.883. The van der Waals surface area contributed by atoms with Crippen molar-refractivity contribution in [3.05, 3.63) is 22.2 Å². The molecule has 0 aliphatic carbocycles. The van der Waals surface area contributed by atoms with Crippen LogP contribution in [0.25, 0.3) is 0 Å². The zero-order chi connectivity index (χ0) is 9.84. The number of phenols is 1. The van der Waals surface area contributed by atoms with Crippen LogP contribution in [0.4, 0.5) is 0 Å². The van der Waals surface area contributed by atoms with E-state index in [0.29, 0.717) is 15.8 Å². The van der Waals surface area contributed by atoms with E-state index in [0.717, 1.165) is 0 Å². The molecule has 0 spiro atoms. The van der Waals surface area contributed by atoms with Crippen molar-refractivity contribution in [3.63, 3.8) is 0 Å². The van der Waals surface area contributed by atoms with Crippen LogP contribution in [-0.4, -0.2) is 23.6 Å². The summed E-state index contributed by atoms with van der Waals surface area (Å²) in [6.45, 7) is 0. The van der Waals surface area contributed by atoms with E-state index >= 15 is 0 Å². The van der Waals surface area contributed by atoms with Gasteiger partial charge < -0.3 is 15.1 Å². The zero-order valence-corrected chi connectivity index (χ0v) is 8.45. The van der Waals surface area contributed by atoms with E-state index in [-0.39, 0.29) is 5.75 Å². The van der Waals surface area contributed by atoms with Crippen molar-refractivity contribution in [3.8, 4) is 11.5 Å². The highest BCUT2D eigenvalue weighted by Gasteiger charge is 2.06. The third-order valence-corrected chi connectivity index (χ3v) is 2.18. The molecule has 0 fully saturated rings. The molecule has 0 aliphatic heterocycles. The van der Waals surface area contributed by atoms with Gasteiger partial charge in [0.2, 0.25) is 0 Å². The van der Waals surface area contributed by atoms with Crippen LogP contribution in [0.3, 0.4) is 0 Å². The third-order valence-electron chi connectivity index (χ3n) is 1.49. The predicted molar refractivity (Wildman–Crippen MR) is 51.7 cm³/mol. The monoisotopic (exact) mass is 245 g/mol. The highest BCUT2D eigenvalue weighted by atomic mass is 79.9. The zero-order valence-electron chi connectivity index (χ0n) is 6.86. The first-order chi connectivity index (χ1) is 6.19. The second-order valence-corrected chi connectivity index (χ2v) is 3.14. The van der Waals surface area contributed by atoms with Gasteiger partial charge in [0.15, 0.2) is 11.5 Å². The van der Waals surface area contributed by atoms with Crippen molar-refractivity contribution in [1.82, 2.24) is 0 Å². The maximum Gasteiger partial charge on any atom is 0.161 e. The fraction of sp³-hybridized carbons (Fsp3) is 0.125. The molecule has 5 heteroatoms. The Morgan fingerprint density at radius 1 is 1.54 bits per heavy atom. The molecule has 0 saturated carbocycles. The number of rotatable bonds is 2. The molecule has 1 aromatic carbocycles. The van der Waals surface area contributed by atoms with Crippen molar-refractivity contribution in [2.24, 2.45) is 5.16 Å². The highest BCUT2D eigenvalue weighted by Crippen LogP contribution is 2.31. The Hall–Kier alpha value is -1.23. The largest absolute Gasteiger partial charge is 0.504 e. The average Bonchev–Trinajstić information content (AvgIpc) is 2.10. The van der Waals surface area contributed by atoms with E-state index in [4.69, 9.17) is 9.94 Å². The summed E-state index contributed by atoms with van der Waals surface area (Å²) >= 11 is 3.19. The molecule has 0 atom stereocenters. The molecule has 0 bridgehead atoms. The van der Waals surface area contributed by atoms with Gasteiger partial charge in [0.05, 0.1) is 13.3 Å². The maximum absolute atomic E-state index is 9.32. The van der Waals surface area contributed by atoms with Gasteiger partial charge in [-0.25, -0.2) is 0 Å². The fourth-order valence-corrected chi connectivity index (χ4v) is 1.32. The van der Waals surface area contributed by atoms with Gasteiger partial charge >= 0.3 is 0 Å². The predicted octanol–water partition coefficient (Wildman–Crippen LogP) is 1.97. The summed E-state index contributed by atoms with van der Waals surface area (Å²) in [5.74, 6) is 0.363. The number of hydrogen-bond acceptors (Lipinski definition) is 4. The normalized spacial score (nSPS) is 10.6. The second-order valence-electron chi connectivity index (χ2n) is 2.29. The van der Waals surface area contributed by atoms with Crippen molar-refractivity contribution in [1.29, 1.82) is 0 Å². The summed E-state index contributed by atoms with van der Waals surface area (Å²) in [7, 11) is 1.45. The number of ether oxygens (including phenoxy) is 1. The summed E-state index contributed by atoms with van der Waals surface area (Å²) in [5.41, 5.74) is 0.622. The Morgan fingerprint density at radius 2 is 2.23 bits per heavy atom. The number of methoxy groups -OCH3 is 1. The lowest BCUT2D eigenvalue weighted by Gasteiger charge is -2.05. The van der Waals surface area contributed by atoms with E-state index in [1.54, 1.807) is 6.07 Å². The van der Waals surface area contributed by atoms with Crippen LogP contribution in [0.1, 0.15) is 5.56 Å². The van der Waals surface area contributed by atoms with Crippen molar-refractivity contribution < 1.29 is 15.1 Å². The molecule has 1 aromatic rings. The quantitative estimate of drug-likeness (QED) is 0.476. The SMILES string of the molecule is COc1cc(/C=N/O)c(Br)cc1O. The smallest absolute Gasteiger partial charge is 0.161 e. The van der Waals surface area contributed by atoms with Gasteiger partial charge in [-0.3, -0.25) is 0 Å². The summed E-state index contributed by atoms with van der Waals surface area (Å²) < 4.78 is 5.50. The van der Waals surface area contributed by atoms with Gasteiger partial charge in [0.1, 0.15) is 0 Å².